The van der Waals surface area contributed by atoms with Crippen LogP contribution in [0.1, 0.15) is 37.4 Å². The van der Waals surface area contributed by atoms with Gasteiger partial charge in [0.15, 0.2) is 0 Å². The van der Waals surface area contributed by atoms with Crippen LogP contribution in [0, 0.1) is 0 Å². The van der Waals surface area contributed by atoms with E-state index in [4.69, 9.17) is 0 Å². The second-order valence-corrected chi connectivity index (χ2v) is 4.59. The number of aromatic nitrogens is 2. The van der Waals surface area contributed by atoms with Crippen molar-refractivity contribution in [3.05, 3.63) is 27.7 Å². The topological polar surface area (TPSA) is 64.0 Å². The molecule has 5 nitrogen and oxygen atoms in total. The maximum Gasteiger partial charge on any atom is 0.267 e. The van der Waals surface area contributed by atoms with Crippen molar-refractivity contribution in [2.45, 2.75) is 45.6 Å². The highest BCUT2D eigenvalue weighted by Gasteiger charge is 2.12. The third-order valence-corrected chi connectivity index (χ3v) is 3.24. The molecule has 0 atom stereocenters. The van der Waals surface area contributed by atoms with Crippen LogP contribution in [0.3, 0.4) is 0 Å². The van der Waals surface area contributed by atoms with Gasteiger partial charge in [-0.25, -0.2) is 4.68 Å². The number of carbonyl (C=O) groups is 1. The zero-order chi connectivity index (χ0) is 13.0. The minimum absolute atomic E-state index is 0.000934. The Morgan fingerprint density at radius 2 is 2.22 bits per heavy atom. The third-order valence-electron chi connectivity index (χ3n) is 3.24. The molecule has 0 saturated carbocycles. The zero-order valence-electron chi connectivity index (χ0n) is 10.7. The Hall–Kier alpha value is -1.65. The Kier molecular flexibility index (Phi) is 4.12. The summed E-state index contributed by atoms with van der Waals surface area (Å²) in [5, 5.41) is 7.14. The predicted octanol–water partition coefficient (Wildman–Crippen LogP) is 0.648. The summed E-state index contributed by atoms with van der Waals surface area (Å²) < 4.78 is 1.46. The van der Waals surface area contributed by atoms with E-state index in [0.717, 1.165) is 36.9 Å². The van der Waals surface area contributed by atoms with Gasteiger partial charge in [-0.15, -0.1) is 0 Å². The highest BCUT2D eigenvalue weighted by molar-refractivity contribution is 5.75. The molecule has 1 aromatic heterocycles. The van der Waals surface area contributed by atoms with Crippen LogP contribution in [0.15, 0.2) is 10.9 Å². The SMILES string of the molecule is CCC(=O)NCCn1nc2c(cc1=O)CCCC2. The highest BCUT2D eigenvalue weighted by atomic mass is 16.1. The minimum atomic E-state index is -0.0682. The normalized spacial score (nSPS) is 14.1. The van der Waals surface area contributed by atoms with E-state index in [1.54, 1.807) is 13.0 Å². The summed E-state index contributed by atoms with van der Waals surface area (Å²) in [5.74, 6) is 0.000934. The average Bonchev–Trinajstić information content (AvgIpc) is 2.39. The zero-order valence-corrected chi connectivity index (χ0v) is 10.7. The summed E-state index contributed by atoms with van der Waals surface area (Å²) in [6, 6.07) is 1.70. The first-order valence-electron chi connectivity index (χ1n) is 6.57. The largest absolute Gasteiger partial charge is 0.354 e. The summed E-state index contributed by atoms with van der Waals surface area (Å²) >= 11 is 0. The number of carbonyl (C=O) groups excluding carboxylic acids is 1. The van der Waals surface area contributed by atoms with Gasteiger partial charge in [-0.3, -0.25) is 9.59 Å². The van der Waals surface area contributed by atoms with Crippen LogP contribution in [-0.4, -0.2) is 22.2 Å². The number of hydrogen-bond donors (Lipinski definition) is 1. The van der Waals surface area contributed by atoms with E-state index in [9.17, 15) is 9.59 Å². The van der Waals surface area contributed by atoms with Crippen LogP contribution in [0.4, 0.5) is 0 Å². The van der Waals surface area contributed by atoms with Crippen molar-refractivity contribution in [3.8, 4) is 0 Å². The number of nitrogens with zero attached hydrogens (tertiary/aromatic N) is 2. The van der Waals surface area contributed by atoms with Crippen LogP contribution in [0.25, 0.3) is 0 Å². The second kappa shape index (κ2) is 5.80. The molecule has 0 unspecified atom stereocenters. The molecule has 0 bridgehead atoms. The Labute approximate surface area is 106 Å². The number of fused-ring (bicyclic) bond motifs is 1. The molecule has 1 amide bonds. The monoisotopic (exact) mass is 249 g/mol. The second-order valence-electron chi connectivity index (χ2n) is 4.59. The summed E-state index contributed by atoms with van der Waals surface area (Å²) in [4.78, 5) is 22.9. The molecule has 0 aliphatic heterocycles. The summed E-state index contributed by atoms with van der Waals surface area (Å²) in [5.41, 5.74) is 2.07. The number of aryl methyl sites for hydroxylation is 2. The van der Waals surface area contributed by atoms with Crippen molar-refractivity contribution in [2.24, 2.45) is 0 Å². The maximum atomic E-state index is 11.8. The lowest BCUT2D eigenvalue weighted by atomic mass is 9.97. The van der Waals surface area contributed by atoms with Gasteiger partial charge in [-0.2, -0.15) is 5.10 Å². The summed E-state index contributed by atoms with van der Waals surface area (Å²) in [6.45, 7) is 2.70. The number of hydrogen-bond acceptors (Lipinski definition) is 3. The van der Waals surface area contributed by atoms with Gasteiger partial charge in [0.05, 0.1) is 12.2 Å². The molecule has 0 aromatic carbocycles. The van der Waals surface area contributed by atoms with Gasteiger partial charge >= 0.3 is 0 Å². The highest BCUT2D eigenvalue weighted by Crippen LogP contribution is 2.16. The number of amides is 1. The number of nitrogens with one attached hydrogen (secondary N) is 1. The summed E-state index contributed by atoms with van der Waals surface area (Å²) in [7, 11) is 0. The smallest absolute Gasteiger partial charge is 0.267 e. The number of rotatable bonds is 4. The van der Waals surface area contributed by atoms with Gasteiger partial charge in [0.25, 0.3) is 5.56 Å². The van der Waals surface area contributed by atoms with E-state index in [1.807, 2.05) is 0 Å². The van der Waals surface area contributed by atoms with Crippen LogP contribution in [0.5, 0.6) is 0 Å². The average molecular weight is 249 g/mol. The van der Waals surface area contributed by atoms with Crippen molar-refractivity contribution >= 4 is 5.91 Å². The van der Waals surface area contributed by atoms with Crippen molar-refractivity contribution < 1.29 is 4.79 Å². The van der Waals surface area contributed by atoms with Crippen molar-refractivity contribution in [2.75, 3.05) is 6.54 Å². The first kappa shape index (κ1) is 12.8. The van der Waals surface area contributed by atoms with Crippen molar-refractivity contribution in [3.63, 3.8) is 0 Å². The Balaban J connectivity index is 2.04. The molecule has 1 N–H and O–H groups in total. The minimum Gasteiger partial charge on any atom is -0.354 e. The quantitative estimate of drug-likeness (QED) is 0.852. The van der Waals surface area contributed by atoms with E-state index in [-0.39, 0.29) is 11.5 Å². The van der Waals surface area contributed by atoms with Gasteiger partial charge in [-0.1, -0.05) is 6.92 Å². The molecule has 0 spiro atoms. The third kappa shape index (κ3) is 2.97. The molecule has 5 heteroatoms. The van der Waals surface area contributed by atoms with Crippen LogP contribution in [0.2, 0.25) is 0 Å². The molecule has 18 heavy (non-hydrogen) atoms. The molecular formula is C13H19N3O2. The first-order chi connectivity index (χ1) is 8.70. The molecular weight excluding hydrogens is 230 g/mol. The molecule has 2 rings (SSSR count). The van der Waals surface area contributed by atoms with E-state index >= 15 is 0 Å². The maximum absolute atomic E-state index is 11.8. The van der Waals surface area contributed by atoms with E-state index in [0.29, 0.717) is 19.5 Å². The lowest BCUT2D eigenvalue weighted by molar-refractivity contribution is -0.120. The standard InChI is InChI=1S/C13H19N3O2/c1-2-12(17)14-7-8-16-13(18)9-10-5-3-4-6-11(10)15-16/h9H,2-8H2,1H3,(H,14,17). The van der Waals surface area contributed by atoms with Gasteiger partial charge in [0.1, 0.15) is 0 Å². The van der Waals surface area contributed by atoms with Gasteiger partial charge in [0, 0.05) is 19.0 Å². The fourth-order valence-electron chi connectivity index (χ4n) is 2.19. The van der Waals surface area contributed by atoms with E-state index in [1.165, 1.54) is 4.68 Å². The fraction of sp³-hybridized carbons (Fsp3) is 0.615. The van der Waals surface area contributed by atoms with Gasteiger partial charge in [0.2, 0.25) is 5.91 Å². The summed E-state index contributed by atoms with van der Waals surface area (Å²) in [6.07, 6.45) is 4.67. The molecule has 0 saturated heterocycles. The first-order valence-corrected chi connectivity index (χ1v) is 6.57. The molecule has 1 aliphatic rings. The van der Waals surface area contributed by atoms with Crippen LogP contribution < -0.4 is 10.9 Å². The molecule has 1 aliphatic carbocycles. The van der Waals surface area contributed by atoms with Crippen LogP contribution >= 0.6 is 0 Å². The Bertz CT molecular complexity index is 493. The molecule has 0 radical (unpaired) electrons. The fourth-order valence-corrected chi connectivity index (χ4v) is 2.19. The molecule has 1 heterocycles. The lowest BCUT2D eigenvalue weighted by Crippen LogP contribution is -2.32. The lowest BCUT2D eigenvalue weighted by Gasteiger charge is -2.15. The Morgan fingerprint density at radius 1 is 1.44 bits per heavy atom. The predicted molar refractivity (Wildman–Crippen MR) is 68.4 cm³/mol. The molecule has 98 valence electrons. The van der Waals surface area contributed by atoms with E-state index in [2.05, 4.69) is 10.4 Å². The van der Waals surface area contributed by atoms with E-state index < -0.39 is 0 Å². The molecule has 1 aromatic rings. The van der Waals surface area contributed by atoms with Crippen molar-refractivity contribution in [1.82, 2.24) is 15.1 Å². The van der Waals surface area contributed by atoms with Crippen molar-refractivity contribution in [1.29, 1.82) is 0 Å². The molecule has 0 fully saturated rings. The van der Waals surface area contributed by atoms with Gasteiger partial charge < -0.3 is 5.32 Å². The van der Waals surface area contributed by atoms with Crippen LogP contribution in [-0.2, 0) is 24.2 Å². The van der Waals surface area contributed by atoms with Gasteiger partial charge in [-0.05, 0) is 31.2 Å². The Morgan fingerprint density at radius 3 is 3.00 bits per heavy atom.